The van der Waals surface area contributed by atoms with E-state index in [0.29, 0.717) is 26.2 Å². The number of cyclic esters (lactones) is 1. The molecule has 0 saturated carbocycles. The van der Waals surface area contributed by atoms with Crippen LogP contribution in [0.2, 0.25) is 0 Å². The Kier molecular flexibility index (Phi) is 3.82. The Morgan fingerprint density at radius 3 is 2.52 bits per heavy atom. The van der Waals surface area contributed by atoms with E-state index >= 15 is 0 Å². The molecular formula is C16H20N2O3. The third-order valence-electron chi connectivity index (χ3n) is 4.36. The quantitative estimate of drug-likeness (QED) is 0.837. The summed E-state index contributed by atoms with van der Waals surface area (Å²) in [6, 6.07) is 7.88. The van der Waals surface area contributed by atoms with Gasteiger partial charge in [-0.2, -0.15) is 0 Å². The van der Waals surface area contributed by atoms with Gasteiger partial charge in [0.2, 0.25) is 0 Å². The normalized spacial score (nSPS) is 19.8. The van der Waals surface area contributed by atoms with Crippen LogP contribution >= 0.6 is 0 Å². The van der Waals surface area contributed by atoms with Crippen molar-refractivity contribution in [3.8, 4) is 0 Å². The summed E-state index contributed by atoms with van der Waals surface area (Å²) in [4.78, 5) is 27.8. The number of benzene rings is 1. The van der Waals surface area contributed by atoms with E-state index in [-0.39, 0.29) is 18.0 Å². The first kappa shape index (κ1) is 13.9. The minimum absolute atomic E-state index is 0.0931. The van der Waals surface area contributed by atoms with Crippen molar-refractivity contribution in [2.75, 3.05) is 26.2 Å². The molecule has 2 aliphatic rings. The largest absolute Gasteiger partial charge is 0.448 e. The molecule has 0 bridgehead atoms. The number of rotatable bonds is 2. The molecule has 0 unspecified atom stereocenters. The average molecular weight is 288 g/mol. The van der Waals surface area contributed by atoms with Crippen molar-refractivity contribution in [3.05, 3.63) is 35.4 Å². The first-order chi connectivity index (χ1) is 10.2. The molecule has 2 fully saturated rings. The van der Waals surface area contributed by atoms with Crippen molar-refractivity contribution in [2.24, 2.45) is 0 Å². The highest BCUT2D eigenvalue weighted by atomic mass is 16.6. The topological polar surface area (TPSA) is 49.9 Å². The number of amides is 2. The Morgan fingerprint density at radius 1 is 1.19 bits per heavy atom. The summed E-state index contributed by atoms with van der Waals surface area (Å²) in [5.41, 5.74) is 1.78. The number of carbonyl (C=O) groups excluding carboxylic acids is 2. The van der Waals surface area contributed by atoms with Crippen molar-refractivity contribution >= 4 is 12.0 Å². The van der Waals surface area contributed by atoms with E-state index in [1.807, 2.05) is 36.1 Å². The van der Waals surface area contributed by atoms with Gasteiger partial charge < -0.3 is 14.5 Å². The maximum atomic E-state index is 12.5. The van der Waals surface area contributed by atoms with E-state index in [9.17, 15) is 9.59 Å². The minimum Gasteiger partial charge on any atom is -0.448 e. The summed E-state index contributed by atoms with van der Waals surface area (Å²) in [5, 5.41) is 0. The van der Waals surface area contributed by atoms with Gasteiger partial charge in [0.05, 0.1) is 6.54 Å². The van der Waals surface area contributed by atoms with Crippen LogP contribution in [0, 0.1) is 6.92 Å². The zero-order valence-electron chi connectivity index (χ0n) is 12.2. The predicted molar refractivity (Wildman–Crippen MR) is 78.2 cm³/mol. The van der Waals surface area contributed by atoms with E-state index in [1.165, 1.54) is 0 Å². The number of likely N-dealkylation sites (tertiary alicyclic amines) is 1. The molecule has 112 valence electrons. The molecule has 2 amide bonds. The fraction of sp³-hybridized carbons (Fsp3) is 0.500. The molecular weight excluding hydrogens is 268 g/mol. The minimum atomic E-state index is -0.210. The van der Waals surface area contributed by atoms with Crippen LogP contribution in [-0.4, -0.2) is 54.1 Å². The summed E-state index contributed by atoms with van der Waals surface area (Å²) >= 11 is 0. The molecule has 21 heavy (non-hydrogen) atoms. The van der Waals surface area contributed by atoms with Crippen molar-refractivity contribution in [3.63, 3.8) is 0 Å². The maximum absolute atomic E-state index is 12.5. The van der Waals surface area contributed by atoms with Crippen LogP contribution < -0.4 is 0 Å². The molecule has 0 aromatic heterocycles. The zero-order valence-corrected chi connectivity index (χ0v) is 12.2. The number of carbonyl (C=O) groups is 2. The van der Waals surface area contributed by atoms with Gasteiger partial charge in [0.15, 0.2) is 0 Å². The summed E-state index contributed by atoms with van der Waals surface area (Å²) < 4.78 is 4.98. The first-order valence-electron chi connectivity index (χ1n) is 7.45. The van der Waals surface area contributed by atoms with Crippen molar-refractivity contribution in [1.82, 2.24) is 9.80 Å². The van der Waals surface area contributed by atoms with Crippen LogP contribution in [0.5, 0.6) is 0 Å². The lowest BCUT2D eigenvalue weighted by molar-refractivity contribution is 0.0658. The summed E-state index contributed by atoms with van der Waals surface area (Å²) in [6.45, 7) is 4.51. The highest BCUT2D eigenvalue weighted by Crippen LogP contribution is 2.21. The second kappa shape index (κ2) is 5.76. The van der Waals surface area contributed by atoms with Gasteiger partial charge in [-0.3, -0.25) is 4.79 Å². The Labute approximate surface area is 124 Å². The Morgan fingerprint density at radius 2 is 1.90 bits per heavy atom. The number of hydrogen-bond donors (Lipinski definition) is 0. The van der Waals surface area contributed by atoms with E-state index in [1.54, 1.807) is 4.90 Å². The molecule has 2 aliphatic heterocycles. The monoisotopic (exact) mass is 288 g/mol. The average Bonchev–Trinajstić information content (AvgIpc) is 2.93. The molecule has 0 atom stereocenters. The molecule has 0 aliphatic carbocycles. The fourth-order valence-electron chi connectivity index (χ4n) is 3.10. The van der Waals surface area contributed by atoms with Crippen LogP contribution in [0.1, 0.15) is 28.8 Å². The van der Waals surface area contributed by atoms with E-state index in [2.05, 4.69) is 0 Å². The molecule has 0 spiro atoms. The molecule has 0 radical (unpaired) electrons. The lowest BCUT2D eigenvalue weighted by Crippen LogP contribution is -2.47. The van der Waals surface area contributed by atoms with Crippen LogP contribution in [-0.2, 0) is 4.74 Å². The molecule has 0 N–H and O–H groups in total. The first-order valence-corrected chi connectivity index (χ1v) is 7.45. The molecule has 5 heteroatoms. The molecule has 1 aromatic rings. The number of nitrogens with zero attached hydrogens (tertiary/aromatic N) is 2. The Hall–Kier alpha value is -2.04. The van der Waals surface area contributed by atoms with Crippen LogP contribution in [0.3, 0.4) is 0 Å². The van der Waals surface area contributed by atoms with Crippen molar-refractivity contribution in [2.45, 2.75) is 25.8 Å². The fourth-order valence-corrected chi connectivity index (χ4v) is 3.10. The van der Waals surface area contributed by atoms with E-state index < -0.39 is 0 Å². The van der Waals surface area contributed by atoms with Gasteiger partial charge in [0.25, 0.3) is 5.91 Å². The summed E-state index contributed by atoms with van der Waals surface area (Å²) in [5.74, 6) is 0.0931. The Balaban J connectivity index is 1.62. The lowest BCUT2D eigenvalue weighted by atomic mass is 10.0. The smallest absolute Gasteiger partial charge is 0.410 e. The molecule has 5 nitrogen and oxygen atoms in total. The standard InChI is InChI=1S/C16H20N2O3/c1-12-4-2-3-5-14(12)15(19)17-8-6-13(7-9-17)18-10-11-21-16(18)20/h2-5,13H,6-11H2,1H3. The Bertz CT molecular complexity index is 550. The second-order valence-electron chi connectivity index (χ2n) is 5.65. The number of hydrogen-bond acceptors (Lipinski definition) is 3. The third kappa shape index (κ3) is 2.73. The number of piperidine rings is 1. The van der Waals surface area contributed by atoms with Crippen LogP contribution in [0.15, 0.2) is 24.3 Å². The predicted octanol–water partition coefficient (Wildman–Crippen LogP) is 2.05. The third-order valence-corrected chi connectivity index (χ3v) is 4.36. The SMILES string of the molecule is Cc1ccccc1C(=O)N1CCC(N2CCOC2=O)CC1. The highest BCUT2D eigenvalue weighted by molar-refractivity contribution is 5.95. The zero-order chi connectivity index (χ0) is 14.8. The van der Waals surface area contributed by atoms with Gasteiger partial charge in [-0.15, -0.1) is 0 Å². The van der Waals surface area contributed by atoms with Crippen molar-refractivity contribution in [1.29, 1.82) is 0 Å². The molecule has 2 heterocycles. The second-order valence-corrected chi connectivity index (χ2v) is 5.65. The van der Waals surface area contributed by atoms with Gasteiger partial charge in [0.1, 0.15) is 6.61 Å². The van der Waals surface area contributed by atoms with Crippen LogP contribution in [0.4, 0.5) is 4.79 Å². The summed E-state index contributed by atoms with van der Waals surface area (Å²) in [6.07, 6.45) is 1.44. The van der Waals surface area contributed by atoms with E-state index in [0.717, 1.165) is 24.0 Å². The number of ether oxygens (including phenoxy) is 1. The molecule has 2 saturated heterocycles. The highest BCUT2D eigenvalue weighted by Gasteiger charge is 2.33. The maximum Gasteiger partial charge on any atom is 0.410 e. The lowest BCUT2D eigenvalue weighted by Gasteiger charge is -2.35. The van der Waals surface area contributed by atoms with Gasteiger partial charge in [-0.05, 0) is 31.4 Å². The van der Waals surface area contributed by atoms with Gasteiger partial charge in [0, 0.05) is 24.7 Å². The van der Waals surface area contributed by atoms with Gasteiger partial charge in [-0.25, -0.2) is 4.79 Å². The van der Waals surface area contributed by atoms with Crippen LogP contribution in [0.25, 0.3) is 0 Å². The van der Waals surface area contributed by atoms with Gasteiger partial charge in [-0.1, -0.05) is 18.2 Å². The van der Waals surface area contributed by atoms with Gasteiger partial charge >= 0.3 is 6.09 Å². The number of aryl methyl sites for hydroxylation is 1. The van der Waals surface area contributed by atoms with Crippen molar-refractivity contribution < 1.29 is 14.3 Å². The molecule has 1 aromatic carbocycles. The summed E-state index contributed by atoms with van der Waals surface area (Å²) in [7, 11) is 0. The van der Waals surface area contributed by atoms with E-state index in [4.69, 9.17) is 4.74 Å². The molecule has 3 rings (SSSR count).